The highest BCUT2D eigenvalue weighted by Crippen LogP contribution is 2.24. The van der Waals surface area contributed by atoms with Crippen molar-refractivity contribution < 1.29 is 9.59 Å². The van der Waals surface area contributed by atoms with E-state index in [2.05, 4.69) is 17.2 Å². The number of H-pyrrole nitrogens is 1. The summed E-state index contributed by atoms with van der Waals surface area (Å²) >= 11 is 6.01. The topological polar surface area (TPSA) is 65.2 Å². The lowest BCUT2D eigenvalue weighted by molar-refractivity contribution is -0.122. The molecule has 0 saturated carbocycles. The third-order valence-corrected chi connectivity index (χ3v) is 5.44. The molecule has 0 spiro atoms. The van der Waals surface area contributed by atoms with Crippen LogP contribution in [0.25, 0.3) is 10.9 Å². The number of halogens is 1. The largest absolute Gasteiger partial charge is 0.354 e. The van der Waals surface area contributed by atoms with Gasteiger partial charge in [0.25, 0.3) is 5.91 Å². The van der Waals surface area contributed by atoms with Crippen molar-refractivity contribution in [3.63, 3.8) is 0 Å². The van der Waals surface area contributed by atoms with Gasteiger partial charge >= 0.3 is 0 Å². The Labute approximate surface area is 159 Å². The molecule has 1 atom stereocenters. The highest BCUT2D eigenvalue weighted by Gasteiger charge is 2.26. The molecule has 1 aliphatic heterocycles. The second-order valence-electron chi connectivity index (χ2n) is 7.23. The summed E-state index contributed by atoms with van der Waals surface area (Å²) in [6, 6.07) is 7.63. The van der Waals surface area contributed by atoms with Crippen molar-refractivity contribution in [1.29, 1.82) is 0 Å². The number of hydrogen-bond acceptors (Lipinski definition) is 2. The number of aromatic amines is 1. The molecule has 140 valence electrons. The molecule has 0 aliphatic carbocycles. The molecular formula is C20H26ClN3O2. The van der Waals surface area contributed by atoms with E-state index in [0.717, 1.165) is 30.2 Å². The van der Waals surface area contributed by atoms with Gasteiger partial charge in [-0.2, -0.15) is 0 Å². The second-order valence-corrected chi connectivity index (χ2v) is 7.67. The third kappa shape index (κ3) is 4.39. The lowest BCUT2D eigenvalue weighted by Gasteiger charge is -2.31. The average molecular weight is 376 g/mol. The lowest BCUT2D eigenvalue weighted by Crippen LogP contribution is -2.40. The number of aromatic nitrogens is 1. The highest BCUT2D eigenvalue weighted by atomic mass is 35.5. The first-order chi connectivity index (χ1) is 12.5. The maximum atomic E-state index is 12.7. The van der Waals surface area contributed by atoms with Gasteiger partial charge in [-0.05, 0) is 56.4 Å². The van der Waals surface area contributed by atoms with E-state index < -0.39 is 0 Å². The number of amides is 2. The number of nitrogens with one attached hydrogen (secondary N) is 2. The van der Waals surface area contributed by atoms with Crippen molar-refractivity contribution in [3.05, 3.63) is 35.0 Å². The molecule has 3 rings (SSSR count). The Morgan fingerprint density at radius 2 is 2.04 bits per heavy atom. The van der Waals surface area contributed by atoms with Crippen LogP contribution in [0.15, 0.2) is 24.3 Å². The number of benzene rings is 1. The van der Waals surface area contributed by atoms with E-state index in [0.29, 0.717) is 36.1 Å². The minimum atomic E-state index is 0.0137. The number of fused-ring (bicyclic) bond motifs is 1. The summed E-state index contributed by atoms with van der Waals surface area (Å²) in [4.78, 5) is 29.8. The van der Waals surface area contributed by atoms with Crippen LogP contribution >= 0.6 is 11.6 Å². The summed E-state index contributed by atoms with van der Waals surface area (Å²) < 4.78 is 0. The molecule has 2 aromatic rings. The van der Waals surface area contributed by atoms with Gasteiger partial charge in [0.15, 0.2) is 0 Å². The zero-order valence-corrected chi connectivity index (χ0v) is 16.1. The molecule has 1 fully saturated rings. The van der Waals surface area contributed by atoms with Crippen molar-refractivity contribution in [2.45, 2.75) is 45.6 Å². The van der Waals surface area contributed by atoms with Crippen LogP contribution in [0.3, 0.4) is 0 Å². The van der Waals surface area contributed by atoms with E-state index in [-0.39, 0.29) is 17.9 Å². The van der Waals surface area contributed by atoms with E-state index in [1.165, 1.54) is 0 Å². The lowest BCUT2D eigenvalue weighted by atomic mass is 9.93. The fourth-order valence-corrected chi connectivity index (χ4v) is 3.61. The first-order valence-electron chi connectivity index (χ1n) is 9.33. The quantitative estimate of drug-likeness (QED) is 0.830. The predicted molar refractivity (Wildman–Crippen MR) is 104 cm³/mol. The zero-order valence-electron chi connectivity index (χ0n) is 15.3. The smallest absolute Gasteiger partial charge is 0.270 e. The van der Waals surface area contributed by atoms with E-state index >= 15 is 0 Å². The Morgan fingerprint density at radius 1 is 1.31 bits per heavy atom. The minimum Gasteiger partial charge on any atom is -0.354 e. The molecule has 5 nitrogen and oxygen atoms in total. The molecule has 2 N–H and O–H groups in total. The van der Waals surface area contributed by atoms with Crippen LogP contribution in [0, 0.1) is 5.92 Å². The van der Waals surface area contributed by atoms with Crippen molar-refractivity contribution in [1.82, 2.24) is 15.2 Å². The molecule has 26 heavy (non-hydrogen) atoms. The van der Waals surface area contributed by atoms with Crippen LogP contribution in [-0.4, -0.2) is 40.8 Å². The fraction of sp³-hybridized carbons (Fsp3) is 0.500. The van der Waals surface area contributed by atoms with Gasteiger partial charge in [-0.3, -0.25) is 9.59 Å². The van der Waals surface area contributed by atoms with Crippen LogP contribution in [0.1, 0.15) is 50.0 Å². The number of carbonyl (C=O) groups excluding carboxylic acids is 2. The van der Waals surface area contributed by atoms with E-state index in [9.17, 15) is 9.59 Å². The molecule has 0 radical (unpaired) electrons. The number of piperidine rings is 1. The Bertz CT molecular complexity index is 793. The maximum absolute atomic E-state index is 12.7. The van der Waals surface area contributed by atoms with Crippen LogP contribution in [0.2, 0.25) is 5.02 Å². The van der Waals surface area contributed by atoms with Crippen molar-refractivity contribution in [3.8, 4) is 0 Å². The van der Waals surface area contributed by atoms with Gasteiger partial charge in [-0.1, -0.05) is 18.5 Å². The van der Waals surface area contributed by atoms with Crippen molar-refractivity contribution in [2.24, 2.45) is 5.92 Å². The number of carbonyl (C=O) groups is 2. The highest BCUT2D eigenvalue weighted by molar-refractivity contribution is 6.31. The Hall–Kier alpha value is -2.01. The summed E-state index contributed by atoms with van der Waals surface area (Å²) in [5.41, 5.74) is 1.50. The van der Waals surface area contributed by atoms with Gasteiger partial charge in [0.2, 0.25) is 5.91 Å². The zero-order chi connectivity index (χ0) is 18.7. The third-order valence-electron chi connectivity index (χ3n) is 5.21. The SMILES string of the molecule is CC[C@H](C)NC(=O)CC1CCN(C(=O)c2cc3cc(Cl)ccc3[nH]2)CC1. The van der Waals surface area contributed by atoms with Gasteiger partial charge in [0, 0.05) is 41.5 Å². The number of hydrogen-bond donors (Lipinski definition) is 2. The van der Waals surface area contributed by atoms with E-state index in [1.807, 2.05) is 36.1 Å². The van der Waals surface area contributed by atoms with Crippen molar-refractivity contribution >= 4 is 34.3 Å². The molecule has 0 bridgehead atoms. The fourth-order valence-electron chi connectivity index (χ4n) is 3.43. The molecule has 1 aliphatic rings. The molecule has 2 heterocycles. The summed E-state index contributed by atoms with van der Waals surface area (Å²) in [6.07, 6.45) is 3.23. The Kier molecular flexibility index (Phi) is 5.87. The normalized spacial score (nSPS) is 16.7. The molecule has 0 unspecified atom stereocenters. The van der Waals surface area contributed by atoms with Gasteiger partial charge in [0.1, 0.15) is 5.69 Å². The van der Waals surface area contributed by atoms with Gasteiger partial charge in [0.05, 0.1) is 0 Å². The van der Waals surface area contributed by atoms with Gasteiger partial charge in [-0.25, -0.2) is 0 Å². The van der Waals surface area contributed by atoms with E-state index in [1.54, 1.807) is 0 Å². The van der Waals surface area contributed by atoms with Gasteiger partial charge < -0.3 is 15.2 Å². The molecule has 1 aromatic carbocycles. The monoisotopic (exact) mass is 375 g/mol. The second kappa shape index (κ2) is 8.12. The first-order valence-corrected chi connectivity index (χ1v) is 9.71. The predicted octanol–water partition coefficient (Wildman–Crippen LogP) is 3.98. The maximum Gasteiger partial charge on any atom is 0.270 e. The molecular weight excluding hydrogens is 350 g/mol. The first kappa shape index (κ1) is 18.8. The minimum absolute atomic E-state index is 0.0137. The summed E-state index contributed by atoms with van der Waals surface area (Å²) in [5.74, 6) is 0.487. The standard InChI is InChI=1S/C20H26ClN3O2/c1-3-13(2)22-19(25)10-14-6-8-24(9-7-14)20(26)18-12-15-11-16(21)4-5-17(15)23-18/h4-5,11-14,23H,3,6-10H2,1-2H3,(H,22,25)/t13-/m0/s1. The van der Waals surface area contributed by atoms with E-state index in [4.69, 9.17) is 11.6 Å². The van der Waals surface area contributed by atoms with Crippen LogP contribution in [0.5, 0.6) is 0 Å². The number of likely N-dealkylation sites (tertiary alicyclic amines) is 1. The number of rotatable bonds is 5. The molecule has 1 aromatic heterocycles. The van der Waals surface area contributed by atoms with Crippen molar-refractivity contribution in [2.75, 3.05) is 13.1 Å². The van der Waals surface area contributed by atoms with Gasteiger partial charge in [-0.15, -0.1) is 0 Å². The summed E-state index contributed by atoms with van der Waals surface area (Å²) in [7, 11) is 0. The molecule has 1 saturated heterocycles. The van der Waals surface area contributed by atoms with Crippen LogP contribution in [0.4, 0.5) is 0 Å². The molecule has 2 amide bonds. The van der Waals surface area contributed by atoms with Crippen LogP contribution < -0.4 is 5.32 Å². The summed E-state index contributed by atoms with van der Waals surface area (Å²) in [5, 5.41) is 4.62. The number of nitrogens with zero attached hydrogens (tertiary/aromatic N) is 1. The Balaban J connectivity index is 1.55. The Morgan fingerprint density at radius 3 is 2.73 bits per heavy atom. The average Bonchev–Trinajstić information content (AvgIpc) is 3.04. The molecule has 6 heteroatoms. The van der Waals surface area contributed by atoms with Crippen LogP contribution in [-0.2, 0) is 4.79 Å². The summed E-state index contributed by atoms with van der Waals surface area (Å²) in [6.45, 7) is 5.46.